The van der Waals surface area contributed by atoms with Gasteiger partial charge in [0.15, 0.2) is 0 Å². The summed E-state index contributed by atoms with van der Waals surface area (Å²) in [6, 6.07) is 0.690. The van der Waals surface area contributed by atoms with Crippen LogP contribution in [0.4, 0.5) is 0 Å². The molecule has 0 saturated carbocycles. The van der Waals surface area contributed by atoms with Gasteiger partial charge in [-0.3, -0.25) is 0 Å². The molecule has 0 aliphatic heterocycles. The predicted molar refractivity (Wildman–Crippen MR) is 78.6 cm³/mol. The number of hydrogen-bond donors (Lipinski definition) is 1. The minimum absolute atomic E-state index is 0.0282. The first-order valence-corrected chi connectivity index (χ1v) is 9.44. The molecule has 0 aromatic rings. The molecule has 0 rings (SSSR count). The number of unbranched alkanes of at least 4 members (excludes halogenated alkanes) is 5. The third kappa shape index (κ3) is 10.1. The Kier molecular flexibility index (Phi) is 10.0. The SMILES string of the molecule is CCCCCCCC[Si](O)(OC(C)C)OC(C)C. The van der Waals surface area contributed by atoms with E-state index < -0.39 is 8.80 Å². The molecule has 0 bridgehead atoms. The van der Waals surface area contributed by atoms with Gasteiger partial charge in [-0.1, -0.05) is 39.0 Å². The van der Waals surface area contributed by atoms with Crippen molar-refractivity contribution in [3.05, 3.63) is 0 Å². The maximum absolute atomic E-state index is 10.4. The van der Waals surface area contributed by atoms with E-state index in [9.17, 15) is 4.80 Å². The van der Waals surface area contributed by atoms with Crippen molar-refractivity contribution in [2.75, 3.05) is 0 Å². The minimum atomic E-state index is -2.94. The van der Waals surface area contributed by atoms with Crippen molar-refractivity contribution in [2.24, 2.45) is 0 Å². The zero-order valence-corrected chi connectivity index (χ0v) is 13.9. The van der Waals surface area contributed by atoms with Crippen molar-refractivity contribution in [3.63, 3.8) is 0 Å². The van der Waals surface area contributed by atoms with Gasteiger partial charge in [-0.05, 0) is 34.1 Å². The quantitative estimate of drug-likeness (QED) is 0.455. The topological polar surface area (TPSA) is 38.7 Å². The van der Waals surface area contributed by atoms with Gasteiger partial charge < -0.3 is 13.6 Å². The molecular formula is C14H32O3Si. The first-order chi connectivity index (χ1) is 8.39. The molecule has 0 aliphatic carbocycles. The van der Waals surface area contributed by atoms with Crippen molar-refractivity contribution in [3.8, 4) is 0 Å². The van der Waals surface area contributed by atoms with Gasteiger partial charge in [0.2, 0.25) is 0 Å². The van der Waals surface area contributed by atoms with Crippen molar-refractivity contribution in [2.45, 2.75) is 91.4 Å². The van der Waals surface area contributed by atoms with Crippen LogP contribution in [0.15, 0.2) is 0 Å². The fourth-order valence-corrected chi connectivity index (χ4v) is 4.47. The third-order valence-electron chi connectivity index (χ3n) is 2.69. The van der Waals surface area contributed by atoms with Gasteiger partial charge in [-0.2, -0.15) is 0 Å². The van der Waals surface area contributed by atoms with Crippen LogP contribution in [0.25, 0.3) is 0 Å². The van der Waals surface area contributed by atoms with Crippen molar-refractivity contribution < 1.29 is 13.6 Å². The largest absolute Gasteiger partial charge is 0.498 e. The summed E-state index contributed by atoms with van der Waals surface area (Å²) in [6.07, 6.45) is 7.36. The number of rotatable bonds is 11. The van der Waals surface area contributed by atoms with E-state index in [4.69, 9.17) is 8.85 Å². The van der Waals surface area contributed by atoms with Crippen LogP contribution >= 0.6 is 0 Å². The van der Waals surface area contributed by atoms with Crippen LogP contribution in [0, 0.1) is 0 Å². The molecule has 110 valence electrons. The Bertz CT molecular complexity index is 185. The lowest BCUT2D eigenvalue weighted by Gasteiger charge is -2.28. The fraction of sp³-hybridized carbons (Fsp3) is 1.00. The van der Waals surface area contributed by atoms with E-state index in [0.29, 0.717) is 6.04 Å². The summed E-state index contributed by atoms with van der Waals surface area (Å²) >= 11 is 0. The van der Waals surface area contributed by atoms with Gasteiger partial charge in [0.1, 0.15) is 0 Å². The standard InChI is InChI=1S/C14H32O3Si/c1-6-7-8-9-10-11-12-18(15,16-13(2)3)17-14(4)5/h13-15H,6-12H2,1-5H3. The van der Waals surface area contributed by atoms with E-state index in [-0.39, 0.29) is 12.2 Å². The first kappa shape index (κ1) is 18.1. The molecule has 0 fully saturated rings. The van der Waals surface area contributed by atoms with Crippen LogP contribution in [0.1, 0.15) is 73.1 Å². The Labute approximate surface area is 114 Å². The van der Waals surface area contributed by atoms with Crippen LogP contribution in [0.3, 0.4) is 0 Å². The normalized spacial score (nSPS) is 12.7. The molecule has 4 heteroatoms. The van der Waals surface area contributed by atoms with Crippen LogP contribution < -0.4 is 0 Å². The highest BCUT2D eigenvalue weighted by atomic mass is 28.4. The fourth-order valence-electron chi connectivity index (χ4n) is 2.01. The van der Waals surface area contributed by atoms with Gasteiger partial charge in [0.05, 0.1) is 0 Å². The third-order valence-corrected chi connectivity index (χ3v) is 5.35. The van der Waals surface area contributed by atoms with Crippen LogP contribution in [-0.4, -0.2) is 25.8 Å². The molecule has 1 N–H and O–H groups in total. The van der Waals surface area contributed by atoms with Crippen molar-refractivity contribution in [1.82, 2.24) is 0 Å². The lowest BCUT2D eigenvalue weighted by Crippen LogP contribution is -2.46. The zero-order chi connectivity index (χ0) is 14.0. The maximum Gasteiger partial charge on any atom is 0.498 e. The summed E-state index contributed by atoms with van der Waals surface area (Å²) in [5.74, 6) is 0. The lowest BCUT2D eigenvalue weighted by molar-refractivity contribution is 0.0472. The summed E-state index contributed by atoms with van der Waals surface area (Å²) in [5.41, 5.74) is 0. The summed E-state index contributed by atoms with van der Waals surface area (Å²) in [6.45, 7) is 10.0. The van der Waals surface area contributed by atoms with E-state index >= 15 is 0 Å². The second-order valence-corrected chi connectivity index (χ2v) is 7.96. The number of hydrogen-bond acceptors (Lipinski definition) is 3. The van der Waals surface area contributed by atoms with Gasteiger partial charge in [0.25, 0.3) is 0 Å². The molecule has 0 atom stereocenters. The molecule has 3 nitrogen and oxygen atoms in total. The predicted octanol–water partition coefficient (Wildman–Crippen LogP) is 4.13. The van der Waals surface area contributed by atoms with E-state index in [1.165, 1.54) is 25.7 Å². The van der Waals surface area contributed by atoms with E-state index in [1.54, 1.807) is 0 Å². The minimum Gasteiger partial charge on any atom is -0.390 e. The second kappa shape index (κ2) is 9.95. The molecule has 0 heterocycles. The molecule has 0 saturated heterocycles. The Morgan fingerprint density at radius 1 is 0.833 bits per heavy atom. The van der Waals surface area contributed by atoms with Gasteiger partial charge in [-0.15, -0.1) is 0 Å². The molecule has 0 spiro atoms. The average Bonchev–Trinajstić information content (AvgIpc) is 2.20. The molecule has 0 amide bonds. The van der Waals surface area contributed by atoms with Gasteiger partial charge in [-0.25, -0.2) is 0 Å². The average molecular weight is 276 g/mol. The highest BCUT2D eigenvalue weighted by molar-refractivity contribution is 6.59. The molecule has 0 aromatic heterocycles. The maximum atomic E-state index is 10.4. The Balaban J connectivity index is 3.93. The van der Waals surface area contributed by atoms with Crippen molar-refractivity contribution in [1.29, 1.82) is 0 Å². The molecule has 0 unspecified atom stereocenters. The highest BCUT2D eigenvalue weighted by Gasteiger charge is 2.38. The van der Waals surface area contributed by atoms with Gasteiger partial charge in [0, 0.05) is 18.3 Å². The van der Waals surface area contributed by atoms with Gasteiger partial charge >= 0.3 is 8.80 Å². The summed E-state index contributed by atoms with van der Waals surface area (Å²) in [4.78, 5) is 10.4. The monoisotopic (exact) mass is 276 g/mol. The first-order valence-electron chi connectivity index (χ1n) is 7.47. The molecule has 0 radical (unpaired) electrons. The zero-order valence-electron chi connectivity index (χ0n) is 12.9. The molecule has 18 heavy (non-hydrogen) atoms. The van der Waals surface area contributed by atoms with E-state index in [1.807, 2.05) is 27.7 Å². The van der Waals surface area contributed by atoms with Crippen molar-refractivity contribution >= 4 is 8.80 Å². The van der Waals surface area contributed by atoms with Crippen LogP contribution in [0.5, 0.6) is 0 Å². The summed E-state index contributed by atoms with van der Waals surface area (Å²) in [5, 5.41) is 0. The second-order valence-electron chi connectivity index (χ2n) is 5.56. The lowest BCUT2D eigenvalue weighted by atomic mass is 10.1. The Morgan fingerprint density at radius 3 is 1.72 bits per heavy atom. The molecule has 0 aliphatic rings. The Hall–Kier alpha value is 0.0969. The van der Waals surface area contributed by atoms with Crippen LogP contribution in [0.2, 0.25) is 6.04 Å². The van der Waals surface area contributed by atoms with E-state index in [2.05, 4.69) is 6.92 Å². The Morgan fingerprint density at radius 2 is 1.28 bits per heavy atom. The van der Waals surface area contributed by atoms with Crippen LogP contribution in [-0.2, 0) is 8.85 Å². The molecule has 0 aromatic carbocycles. The smallest absolute Gasteiger partial charge is 0.390 e. The molecular weight excluding hydrogens is 244 g/mol. The summed E-state index contributed by atoms with van der Waals surface area (Å²) in [7, 11) is -2.94. The summed E-state index contributed by atoms with van der Waals surface area (Å²) < 4.78 is 11.3. The van der Waals surface area contributed by atoms with E-state index in [0.717, 1.165) is 12.8 Å². The highest BCUT2D eigenvalue weighted by Crippen LogP contribution is 2.19.